The molecule has 0 saturated heterocycles. The Labute approximate surface area is 100 Å². The summed E-state index contributed by atoms with van der Waals surface area (Å²) >= 11 is 0. The first-order chi connectivity index (χ1) is 7.12. The van der Waals surface area contributed by atoms with Gasteiger partial charge in [-0.25, -0.2) is 8.42 Å². The molecule has 0 aliphatic heterocycles. The summed E-state index contributed by atoms with van der Waals surface area (Å²) in [6.07, 6.45) is 7.13. The van der Waals surface area contributed by atoms with E-state index < -0.39 is 9.84 Å². The van der Waals surface area contributed by atoms with Crippen molar-refractivity contribution < 1.29 is 8.42 Å². The van der Waals surface area contributed by atoms with Crippen LogP contribution in [0.5, 0.6) is 0 Å². The molecule has 15 heavy (non-hydrogen) atoms. The van der Waals surface area contributed by atoms with Crippen LogP contribution in [-0.4, -0.2) is 25.7 Å². The molecule has 2 nitrogen and oxygen atoms in total. The lowest BCUT2D eigenvalue weighted by Crippen LogP contribution is -2.06. The van der Waals surface area contributed by atoms with Gasteiger partial charge in [0.15, 0.2) is 9.84 Å². The summed E-state index contributed by atoms with van der Waals surface area (Å²) in [6, 6.07) is 0. The molecule has 0 aromatic heterocycles. The monoisotopic (exact) mass is 264 g/mol. The van der Waals surface area contributed by atoms with Gasteiger partial charge < -0.3 is 0 Å². The predicted molar refractivity (Wildman–Crippen MR) is 72.9 cm³/mol. The van der Waals surface area contributed by atoms with Gasteiger partial charge in [-0.15, -0.1) is 6.58 Å². The summed E-state index contributed by atoms with van der Waals surface area (Å²) in [7, 11) is 0.246. The zero-order valence-corrected chi connectivity index (χ0v) is 11.2. The summed E-state index contributed by atoms with van der Waals surface area (Å²) in [6.45, 7) is 5.38. The smallest absolute Gasteiger partial charge is 0.157 e. The zero-order chi connectivity index (χ0) is 11.6. The fourth-order valence-corrected chi connectivity index (χ4v) is 3.24. The van der Waals surface area contributed by atoms with Crippen molar-refractivity contribution in [2.24, 2.45) is 0 Å². The van der Waals surface area contributed by atoms with Gasteiger partial charge in [0.2, 0.25) is 0 Å². The van der Waals surface area contributed by atoms with Crippen LogP contribution in [0, 0.1) is 0 Å². The van der Waals surface area contributed by atoms with E-state index in [0.717, 1.165) is 5.75 Å². The van der Waals surface area contributed by atoms with Crippen molar-refractivity contribution in [3.63, 3.8) is 0 Å². The highest BCUT2D eigenvalue weighted by atomic mass is 33.1. The second kappa shape index (κ2) is 9.12. The molecular formula is C10H16O2S3. The van der Waals surface area contributed by atoms with E-state index in [1.165, 1.54) is 6.08 Å². The molecule has 0 fully saturated rings. The van der Waals surface area contributed by atoms with Crippen molar-refractivity contribution in [2.45, 2.75) is 6.92 Å². The maximum absolute atomic E-state index is 11.2. The lowest BCUT2D eigenvalue weighted by atomic mass is 10.6. The Bertz CT molecular complexity index is 316. The molecule has 0 bridgehead atoms. The van der Waals surface area contributed by atoms with Gasteiger partial charge in [0, 0.05) is 5.75 Å². The van der Waals surface area contributed by atoms with E-state index in [4.69, 9.17) is 0 Å². The maximum Gasteiger partial charge on any atom is 0.157 e. The Morgan fingerprint density at radius 3 is 2.60 bits per heavy atom. The molecule has 0 radical (unpaired) electrons. The third-order valence-corrected chi connectivity index (χ3v) is 4.70. The number of hydrogen-bond donors (Lipinski definition) is 0. The summed E-state index contributed by atoms with van der Waals surface area (Å²) < 4.78 is 22.4. The Kier molecular flexibility index (Phi) is 9.04. The molecule has 0 amide bonds. The van der Waals surface area contributed by atoms with E-state index in [9.17, 15) is 8.42 Å². The highest BCUT2D eigenvalue weighted by Gasteiger charge is 2.03. The lowest BCUT2D eigenvalue weighted by Gasteiger charge is -1.94. The second-order valence-corrected chi connectivity index (χ2v) is 7.16. The molecule has 5 heteroatoms. The Hall–Kier alpha value is -0.130. The van der Waals surface area contributed by atoms with Gasteiger partial charge in [0.25, 0.3) is 0 Å². The van der Waals surface area contributed by atoms with Crippen LogP contribution in [-0.2, 0) is 9.84 Å². The van der Waals surface area contributed by atoms with Crippen molar-refractivity contribution in [3.05, 3.63) is 36.3 Å². The summed E-state index contributed by atoms with van der Waals surface area (Å²) in [5.41, 5.74) is 0. The topological polar surface area (TPSA) is 34.1 Å². The van der Waals surface area contributed by atoms with Crippen molar-refractivity contribution in [1.29, 1.82) is 0 Å². The fraction of sp³-hybridized carbons (Fsp3) is 0.400. The molecule has 0 aliphatic rings. The number of sulfone groups is 1. The third kappa shape index (κ3) is 10.2. The van der Waals surface area contributed by atoms with Crippen LogP contribution < -0.4 is 0 Å². The van der Waals surface area contributed by atoms with Gasteiger partial charge in [-0.05, 0) is 12.3 Å². The number of allylic oxidation sites excluding steroid dienone is 1. The first-order valence-electron chi connectivity index (χ1n) is 4.48. The molecule has 0 rings (SSSR count). The van der Waals surface area contributed by atoms with E-state index >= 15 is 0 Å². The minimum atomic E-state index is -2.97. The average Bonchev–Trinajstić information content (AvgIpc) is 2.16. The standard InChI is InChI=1S/C10H16O2S3/c1-3-5-7-13-14-8-6-10-15(11,12)9-4-2/h3-6,8H,2,7,9-10H2,1H3/b5-3+,8-6+. The number of rotatable bonds is 8. The predicted octanol–water partition coefficient (Wildman–Crippen LogP) is 3.06. The molecule has 0 aromatic rings. The minimum absolute atomic E-state index is 0.0493. The first kappa shape index (κ1) is 14.9. The molecule has 0 atom stereocenters. The molecule has 0 N–H and O–H groups in total. The highest BCUT2D eigenvalue weighted by Crippen LogP contribution is 2.22. The normalized spacial score (nSPS) is 12.6. The van der Waals surface area contributed by atoms with Crippen molar-refractivity contribution in [3.8, 4) is 0 Å². The molecular weight excluding hydrogens is 248 g/mol. The quantitative estimate of drug-likeness (QED) is 0.383. The summed E-state index contributed by atoms with van der Waals surface area (Å²) in [5, 5.41) is 1.81. The zero-order valence-electron chi connectivity index (χ0n) is 8.76. The van der Waals surface area contributed by atoms with Crippen LogP contribution in [0.1, 0.15) is 6.92 Å². The van der Waals surface area contributed by atoms with Crippen LogP contribution in [0.25, 0.3) is 0 Å². The average molecular weight is 264 g/mol. The maximum atomic E-state index is 11.2. The molecule has 0 aliphatic carbocycles. The molecule has 0 spiro atoms. The van der Waals surface area contributed by atoms with E-state index in [1.54, 1.807) is 27.7 Å². The van der Waals surface area contributed by atoms with E-state index in [0.29, 0.717) is 0 Å². The molecule has 0 saturated carbocycles. The van der Waals surface area contributed by atoms with Crippen LogP contribution >= 0.6 is 21.6 Å². The lowest BCUT2D eigenvalue weighted by molar-refractivity contribution is 0.602. The Morgan fingerprint density at radius 1 is 1.27 bits per heavy atom. The number of hydrogen-bond acceptors (Lipinski definition) is 4. The third-order valence-electron chi connectivity index (χ3n) is 1.34. The van der Waals surface area contributed by atoms with Crippen LogP contribution in [0.15, 0.2) is 36.3 Å². The summed E-state index contributed by atoms with van der Waals surface area (Å²) in [5.74, 6) is 1.08. The molecule has 86 valence electrons. The largest absolute Gasteiger partial charge is 0.228 e. The van der Waals surface area contributed by atoms with Crippen LogP contribution in [0.3, 0.4) is 0 Å². The van der Waals surface area contributed by atoms with Gasteiger partial charge in [-0.3, -0.25) is 0 Å². The minimum Gasteiger partial charge on any atom is -0.228 e. The summed E-state index contributed by atoms with van der Waals surface area (Å²) in [4.78, 5) is 0. The van der Waals surface area contributed by atoms with Gasteiger partial charge in [0.1, 0.15) is 0 Å². The Morgan fingerprint density at radius 2 is 2.00 bits per heavy atom. The fourth-order valence-electron chi connectivity index (χ4n) is 0.687. The van der Waals surface area contributed by atoms with E-state index in [1.807, 2.05) is 18.4 Å². The second-order valence-electron chi connectivity index (χ2n) is 2.69. The van der Waals surface area contributed by atoms with E-state index in [-0.39, 0.29) is 11.5 Å². The van der Waals surface area contributed by atoms with Gasteiger partial charge >= 0.3 is 0 Å². The van der Waals surface area contributed by atoms with Crippen molar-refractivity contribution in [2.75, 3.05) is 17.3 Å². The van der Waals surface area contributed by atoms with Gasteiger partial charge in [-0.2, -0.15) is 0 Å². The van der Waals surface area contributed by atoms with Crippen molar-refractivity contribution in [1.82, 2.24) is 0 Å². The van der Waals surface area contributed by atoms with Crippen LogP contribution in [0.2, 0.25) is 0 Å². The van der Waals surface area contributed by atoms with E-state index in [2.05, 4.69) is 12.7 Å². The van der Waals surface area contributed by atoms with Gasteiger partial charge in [0.05, 0.1) is 11.5 Å². The van der Waals surface area contributed by atoms with Crippen molar-refractivity contribution >= 4 is 31.4 Å². The van der Waals surface area contributed by atoms with Crippen LogP contribution in [0.4, 0.5) is 0 Å². The first-order valence-corrected chi connectivity index (χ1v) is 8.68. The van der Waals surface area contributed by atoms with Gasteiger partial charge in [-0.1, -0.05) is 45.9 Å². The SMILES string of the molecule is C=CCS(=O)(=O)C/C=C/SSC/C=C/C. The highest BCUT2D eigenvalue weighted by molar-refractivity contribution is 8.77. The molecule has 0 heterocycles. The molecule has 0 unspecified atom stereocenters. The Balaban J connectivity index is 3.66. The molecule has 0 aromatic carbocycles.